The maximum absolute atomic E-state index is 13.6. The third-order valence-corrected chi connectivity index (χ3v) is 6.95. The maximum atomic E-state index is 13.6. The number of amides is 1. The van der Waals surface area contributed by atoms with E-state index in [1.807, 2.05) is 0 Å². The van der Waals surface area contributed by atoms with E-state index in [0.29, 0.717) is 29.8 Å². The Morgan fingerprint density at radius 3 is 2.58 bits per heavy atom. The monoisotopic (exact) mass is 542 g/mol. The Kier molecular flexibility index (Phi) is 7.63. The van der Waals surface area contributed by atoms with E-state index in [-0.39, 0.29) is 46.7 Å². The standard InChI is InChI=1S/C27H27ClN2O8/c1-14-10-17(30-16-7-4-6-15(11-16)26(35)29-9-5-8-21(32)33)12-20(31)27(14)25(34)22-18(36-2)13-19(37-3)23(28)24(22)38-27/h4,6-7,11-14,30H,5,8-10H2,1-3H3,(H,29,35)(H,32,33)/t14-,27+/m1/s1. The molecule has 2 aliphatic rings. The molecule has 3 N–H and O–H groups in total. The number of carbonyl (C=O) groups excluding carboxylic acids is 3. The van der Waals surface area contributed by atoms with Crippen molar-refractivity contribution >= 4 is 40.7 Å². The normalized spacial score (nSPS) is 19.9. The molecule has 38 heavy (non-hydrogen) atoms. The Labute approximate surface area is 223 Å². The summed E-state index contributed by atoms with van der Waals surface area (Å²) in [6, 6.07) is 8.16. The Hall–Kier alpha value is -4.05. The van der Waals surface area contributed by atoms with E-state index in [0.717, 1.165) is 0 Å². The number of ketones is 2. The number of rotatable bonds is 9. The van der Waals surface area contributed by atoms with Gasteiger partial charge in [-0.1, -0.05) is 24.6 Å². The summed E-state index contributed by atoms with van der Waals surface area (Å²) in [7, 11) is 2.83. The van der Waals surface area contributed by atoms with Crippen molar-refractivity contribution in [2.24, 2.45) is 5.92 Å². The number of halogens is 1. The topological polar surface area (TPSA) is 140 Å². The van der Waals surface area contributed by atoms with E-state index in [1.54, 1.807) is 31.2 Å². The van der Waals surface area contributed by atoms with Crippen LogP contribution in [0.3, 0.4) is 0 Å². The zero-order valence-electron chi connectivity index (χ0n) is 21.1. The number of fused-ring (bicyclic) bond motifs is 1. The molecule has 1 amide bonds. The molecule has 0 saturated heterocycles. The summed E-state index contributed by atoms with van der Waals surface area (Å²) >= 11 is 6.42. The van der Waals surface area contributed by atoms with Crippen LogP contribution in [0.2, 0.25) is 5.02 Å². The second-order valence-electron chi connectivity index (χ2n) is 9.06. The van der Waals surface area contributed by atoms with Crippen molar-refractivity contribution in [3.63, 3.8) is 0 Å². The third-order valence-electron chi connectivity index (χ3n) is 6.59. The number of hydrogen-bond acceptors (Lipinski definition) is 8. The average Bonchev–Trinajstić information content (AvgIpc) is 3.20. The van der Waals surface area contributed by atoms with Crippen LogP contribution in [0.25, 0.3) is 0 Å². The highest BCUT2D eigenvalue weighted by Gasteiger charge is 2.60. The van der Waals surface area contributed by atoms with Gasteiger partial charge < -0.3 is 30.0 Å². The summed E-state index contributed by atoms with van der Waals surface area (Å²) in [6.45, 7) is 1.98. The number of allylic oxidation sites excluding steroid dienone is 1. The number of carboxylic acids is 1. The molecule has 11 heteroatoms. The summed E-state index contributed by atoms with van der Waals surface area (Å²) in [4.78, 5) is 50.1. The Morgan fingerprint density at radius 2 is 1.92 bits per heavy atom. The van der Waals surface area contributed by atoms with E-state index in [4.69, 9.17) is 30.9 Å². The van der Waals surface area contributed by atoms with Gasteiger partial charge in [0.25, 0.3) is 5.91 Å². The van der Waals surface area contributed by atoms with Crippen LogP contribution in [0.1, 0.15) is 46.9 Å². The molecule has 4 rings (SSSR count). The highest BCUT2D eigenvalue weighted by molar-refractivity contribution is 6.36. The first-order valence-corrected chi connectivity index (χ1v) is 12.3. The molecule has 10 nitrogen and oxygen atoms in total. The van der Waals surface area contributed by atoms with Crippen molar-refractivity contribution in [2.45, 2.75) is 31.8 Å². The van der Waals surface area contributed by atoms with Crippen LogP contribution in [0.5, 0.6) is 17.2 Å². The van der Waals surface area contributed by atoms with E-state index < -0.39 is 29.1 Å². The molecule has 1 aliphatic heterocycles. The maximum Gasteiger partial charge on any atom is 0.303 e. The smallest absolute Gasteiger partial charge is 0.303 e. The summed E-state index contributed by atoms with van der Waals surface area (Å²) in [6.07, 6.45) is 1.92. The van der Waals surface area contributed by atoms with Crippen molar-refractivity contribution in [3.05, 3.63) is 58.3 Å². The first kappa shape index (κ1) is 27.0. The minimum absolute atomic E-state index is 0.0342. The second-order valence-corrected chi connectivity index (χ2v) is 9.44. The lowest BCUT2D eigenvalue weighted by Crippen LogP contribution is -2.55. The lowest BCUT2D eigenvalue weighted by molar-refractivity contribution is -0.137. The van der Waals surface area contributed by atoms with E-state index in [9.17, 15) is 19.2 Å². The number of hydrogen-bond donors (Lipinski definition) is 3. The number of benzene rings is 2. The fourth-order valence-electron chi connectivity index (χ4n) is 4.68. The number of Topliss-reactive ketones (excluding diaryl/α,β-unsaturated/α-hetero) is 1. The number of nitrogens with one attached hydrogen (secondary N) is 2. The van der Waals surface area contributed by atoms with Crippen LogP contribution in [0.15, 0.2) is 42.1 Å². The van der Waals surface area contributed by atoms with Crippen LogP contribution in [-0.4, -0.2) is 54.9 Å². The number of anilines is 1. The van der Waals surface area contributed by atoms with Crippen LogP contribution in [0.4, 0.5) is 5.69 Å². The fraction of sp³-hybridized carbons (Fsp3) is 0.333. The summed E-state index contributed by atoms with van der Waals surface area (Å²) < 4.78 is 16.7. The Bertz CT molecular complexity index is 1350. The summed E-state index contributed by atoms with van der Waals surface area (Å²) in [5.41, 5.74) is -0.186. The Balaban J connectivity index is 1.53. The van der Waals surface area contributed by atoms with Crippen LogP contribution in [-0.2, 0) is 9.59 Å². The molecule has 0 fully saturated rings. The van der Waals surface area contributed by atoms with Gasteiger partial charge in [-0.25, -0.2) is 0 Å². The molecule has 1 spiro atoms. The molecule has 200 valence electrons. The number of carboxylic acid groups (broad SMARTS) is 1. The molecule has 1 heterocycles. The summed E-state index contributed by atoms with van der Waals surface area (Å²) in [5, 5.41) is 14.6. The molecule has 0 saturated carbocycles. The lowest BCUT2D eigenvalue weighted by Gasteiger charge is -2.35. The second kappa shape index (κ2) is 10.7. The van der Waals surface area contributed by atoms with Gasteiger partial charge in [0, 0.05) is 48.0 Å². The third kappa shape index (κ3) is 4.79. The molecule has 0 unspecified atom stereocenters. The van der Waals surface area contributed by atoms with Gasteiger partial charge in [-0.3, -0.25) is 19.2 Å². The minimum Gasteiger partial charge on any atom is -0.496 e. The van der Waals surface area contributed by atoms with Crippen LogP contribution >= 0.6 is 11.6 Å². The number of aliphatic carboxylic acids is 1. The molecule has 2 atom stereocenters. The van der Waals surface area contributed by atoms with E-state index >= 15 is 0 Å². The highest BCUT2D eigenvalue weighted by atomic mass is 35.5. The molecule has 0 bridgehead atoms. The first-order valence-electron chi connectivity index (χ1n) is 11.9. The number of carbonyl (C=O) groups is 4. The largest absolute Gasteiger partial charge is 0.496 e. The average molecular weight is 543 g/mol. The van der Waals surface area contributed by atoms with Crippen molar-refractivity contribution in [1.82, 2.24) is 5.32 Å². The number of ether oxygens (including phenoxy) is 3. The molecule has 2 aromatic carbocycles. The van der Waals surface area contributed by atoms with Crippen molar-refractivity contribution < 1.29 is 38.5 Å². The SMILES string of the molecule is COc1cc(OC)c2c(c1Cl)O[C@@]1(C(=O)C=C(Nc3cccc(C(=O)NCCCC(=O)O)c3)C[C@H]1C)C2=O. The van der Waals surface area contributed by atoms with Gasteiger partial charge in [0.2, 0.25) is 17.2 Å². The van der Waals surface area contributed by atoms with E-state index in [1.165, 1.54) is 26.4 Å². The van der Waals surface area contributed by atoms with Crippen molar-refractivity contribution in [2.75, 3.05) is 26.1 Å². The van der Waals surface area contributed by atoms with Crippen LogP contribution in [0, 0.1) is 5.92 Å². The molecule has 1 aliphatic carbocycles. The van der Waals surface area contributed by atoms with Gasteiger partial charge >= 0.3 is 5.97 Å². The lowest BCUT2D eigenvalue weighted by atomic mass is 9.74. The zero-order valence-corrected chi connectivity index (χ0v) is 21.8. The van der Waals surface area contributed by atoms with Crippen LogP contribution < -0.4 is 24.8 Å². The summed E-state index contributed by atoms with van der Waals surface area (Å²) in [5.74, 6) is -2.38. The molecule has 0 radical (unpaired) electrons. The molecular weight excluding hydrogens is 516 g/mol. The first-order chi connectivity index (χ1) is 18.1. The molecule has 2 aromatic rings. The predicted octanol–water partition coefficient (Wildman–Crippen LogP) is 3.87. The van der Waals surface area contributed by atoms with Crippen molar-refractivity contribution in [3.8, 4) is 17.2 Å². The quantitative estimate of drug-likeness (QED) is 0.318. The molecular formula is C27H27ClN2O8. The van der Waals surface area contributed by atoms with Gasteiger partial charge in [-0.15, -0.1) is 0 Å². The van der Waals surface area contributed by atoms with Gasteiger partial charge in [-0.05, 0) is 31.0 Å². The molecule has 0 aromatic heterocycles. The van der Waals surface area contributed by atoms with E-state index in [2.05, 4.69) is 10.6 Å². The van der Waals surface area contributed by atoms with Gasteiger partial charge in [0.05, 0.1) is 14.2 Å². The van der Waals surface area contributed by atoms with Gasteiger partial charge in [0.1, 0.15) is 22.1 Å². The Morgan fingerprint density at radius 1 is 1.18 bits per heavy atom. The predicted molar refractivity (Wildman–Crippen MR) is 138 cm³/mol. The minimum atomic E-state index is -1.78. The highest BCUT2D eigenvalue weighted by Crippen LogP contribution is 2.53. The fourth-order valence-corrected chi connectivity index (χ4v) is 4.95. The van der Waals surface area contributed by atoms with Gasteiger partial charge in [-0.2, -0.15) is 0 Å². The zero-order chi connectivity index (χ0) is 27.6. The van der Waals surface area contributed by atoms with Crippen molar-refractivity contribution in [1.29, 1.82) is 0 Å². The number of methoxy groups -OCH3 is 2. The van der Waals surface area contributed by atoms with Gasteiger partial charge in [0.15, 0.2) is 5.75 Å².